The average Bonchev–Trinajstić information content (AvgIpc) is 3.03. The minimum atomic E-state index is -0.198. The molecule has 0 atom stereocenters. The van der Waals surface area contributed by atoms with E-state index >= 15 is 0 Å². The molecule has 21 heavy (non-hydrogen) atoms. The van der Waals surface area contributed by atoms with Gasteiger partial charge in [0.05, 0.1) is 0 Å². The largest absolute Gasteiger partial charge is 0.381 e. The third-order valence-electron chi connectivity index (χ3n) is 4.11. The summed E-state index contributed by atoms with van der Waals surface area (Å²) in [5, 5.41) is 3.37. The molecular weight excluding hydrogens is 263 g/mol. The van der Waals surface area contributed by atoms with Gasteiger partial charge in [-0.1, -0.05) is 24.3 Å². The number of rotatable bonds is 4. The monoisotopic (exact) mass is 284 g/mol. The van der Waals surface area contributed by atoms with Crippen LogP contribution in [0.15, 0.2) is 42.5 Å². The Labute approximate surface area is 125 Å². The van der Waals surface area contributed by atoms with Crippen LogP contribution in [0.5, 0.6) is 0 Å². The van der Waals surface area contributed by atoms with Crippen LogP contribution in [0.4, 0.5) is 15.8 Å². The first kappa shape index (κ1) is 13.9. The highest BCUT2D eigenvalue weighted by molar-refractivity contribution is 5.57. The maximum Gasteiger partial charge on any atom is 0.125 e. The summed E-state index contributed by atoms with van der Waals surface area (Å²) in [6.45, 7) is 4.98. The van der Waals surface area contributed by atoms with E-state index < -0.39 is 0 Å². The molecule has 3 heteroatoms. The van der Waals surface area contributed by atoms with Crippen LogP contribution in [0.3, 0.4) is 0 Å². The molecule has 0 saturated carbocycles. The maximum absolute atomic E-state index is 13.3. The molecule has 0 amide bonds. The smallest absolute Gasteiger partial charge is 0.125 e. The van der Waals surface area contributed by atoms with Crippen molar-refractivity contribution in [1.29, 1.82) is 0 Å². The minimum absolute atomic E-state index is 0.198. The third-order valence-corrected chi connectivity index (χ3v) is 4.11. The Bertz CT molecular complexity index is 618. The van der Waals surface area contributed by atoms with E-state index in [2.05, 4.69) is 34.5 Å². The highest BCUT2D eigenvalue weighted by atomic mass is 19.1. The molecule has 3 rings (SSSR count). The number of para-hydroxylation sites is 1. The van der Waals surface area contributed by atoms with Crippen LogP contribution >= 0.6 is 0 Å². The fraction of sp³-hybridized carbons (Fsp3) is 0.333. The second kappa shape index (κ2) is 6.17. The summed E-state index contributed by atoms with van der Waals surface area (Å²) < 4.78 is 13.3. The van der Waals surface area contributed by atoms with E-state index in [-0.39, 0.29) is 5.82 Å². The van der Waals surface area contributed by atoms with Gasteiger partial charge in [0.25, 0.3) is 0 Å². The molecule has 0 aromatic heterocycles. The lowest BCUT2D eigenvalue weighted by Gasteiger charge is -2.22. The molecule has 1 saturated heterocycles. The van der Waals surface area contributed by atoms with Gasteiger partial charge in [-0.25, -0.2) is 4.39 Å². The van der Waals surface area contributed by atoms with Gasteiger partial charge in [0.15, 0.2) is 0 Å². The van der Waals surface area contributed by atoms with Crippen molar-refractivity contribution in [2.45, 2.75) is 26.3 Å². The number of halogens is 1. The highest BCUT2D eigenvalue weighted by Gasteiger charge is 2.15. The van der Waals surface area contributed by atoms with E-state index in [0.717, 1.165) is 30.9 Å². The van der Waals surface area contributed by atoms with Gasteiger partial charge in [-0.15, -0.1) is 0 Å². The SMILES string of the molecule is Cc1ccc(F)cc1NCc1ccccc1N1CCCC1. The molecule has 0 spiro atoms. The topological polar surface area (TPSA) is 15.3 Å². The molecule has 0 bridgehead atoms. The summed E-state index contributed by atoms with van der Waals surface area (Å²) in [6, 6.07) is 13.4. The lowest BCUT2D eigenvalue weighted by Crippen LogP contribution is -2.20. The van der Waals surface area contributed by atoms with Crippen LogP contribution in [-0.2, 0) is 6.54 Å². The first-order valence-electron chi connectivity index (χ1n) is 7.57. The van der Waals surface area contributed by atoms with E-state index in [9.17, 15) is 4.39 Å². The van der Waals surface area contributed by atoms with Gasteiger partial charge in [-0.2, -0.15) is 0 Å². The van der Waals surface area contributed by atoms with Crippen molar-refractivity contribution >= 4 is 11.4 Å². The summed E-state index contributed by atoms with van der Waals surface area (Å²) in [5.41, 5.74) is 4.50. The average molecular weight is 284 g/mol. The Morgan fingerprint density at radius 3 is 2.67 bits per heavy atom. The first-order valence-corrected chi connectivity index (χ1v) is 7.57. The molecule has 0 radical (unpaired) electrons. The van der Waals surface area contributed by atoms with Crippen LogP contribution in [0.1, 0.15) is 24.0 Å². The van der Waals surface area contributed by atoms with Gasteiger partial charge in [0.2, 0.25) is 0 Å². The minimum Gasteiger partial charge on any atom is -0.381 e. The number of hydrogen-bond donors (Lipinski definition) is 1. The Kier molecular flexibility index (Phi) is 4.09. The molecule has 1 aliphatic rings. The molecule has 2 nitrogen and oxygen atoms in total. The van der Waals surface area contributed by atoms with Gasteiger partial charge in [-0.3, -0.25) is 0 Å². The Balaban J connectivity index is 1.77. The van der Waals surface area contributed by atoms with Crippen molar-refractivity contribution < 1.29 is 4.39 Å². The van der Waals surface area contributed by atoms with Crippen molar-refractivity contribution in [3.05, 3.63) is 59.4 Å². The van der Waals surface area contributed by atoms with Gasteiger partial charge in [-0.05, 0) is 49.1 Å². The van der Waals surface area contributed by atoms with Crippen molar-refractivity contribution in [3.63, 3.8) is 0 Å². The number of anilines is 2. The zero-order valence-corrected chi connectivity index (χ0v) is 12.4. The van der Waals surface area contributed by atoms with E-state index in [1.807, 2.05) is 13.0 Å². The molecule has 1 N–H and O–H groups in total. The number of nitrogens with one attached hydrogen (secondary N) is 1. The number of hydrogen-bond acceptors (Lipinski definition) is 2. The van der Waals surface area contributed by atoms with E-state index in [1.54, 1.807) is 6.07 Å². The molecule has 1 aliphatic heterocycles. The quantitative estimate of drug-likeness (QED) is 0.898. The first-order chi connectivity index (χ1) is 10.2. The zero-order valence-electron chi connectivity index (χ0n) is 12.4. The van der Waals surface area contributed by atoms with Crippen LogP contribution in [0.25, 0.3) is 0 Å². The van der Waals surface area contributed by atoms with Crippen molar-refractivity contribution in [2.24, 2.45) is 0 Å². The fourth-order valence-electron chi connectivity index (χ4n) is 2.90. The Morgan fingerprint density at radius 2 is 1.86 bits per heavy atom. The molecule has 0 unspecified atom stereocenters. The predicted molar refractivity (Wildman–Crippen MR) is 86.4 cm³/mol. The van der Waals surface area contributed by atoms with Crippen LogP contribution in [0, 0.1) is 12.7 Å². The third kappa shape index (κ3) is 3.18. The lowest BCUT2D eigenvalue weighted by atomic mass is 10.1. The number of nitrogens with zero attached hydrogens (tertiary/aromatic N) is 1. The number of benzene rings is 2. The Hall–Kier alpha value is -2.03. The van der Waals surface area contributed by atoms with Gasteiger partial charge in [0.1, 0.15) is 5.82 Å². The van der Waals surface area contributed by atoms with Gasteiger partial charge in [0, 0.05) is 31.0 Å². The summed E-state index contributed by atoms with van der Waals surface area (Å²) >= 11 is 0. The molecule has 2 aromatic carbocycles. The highest BCUT2D eigenvalue weighted by Crippen LogP contribution is 2.26. The normalized spacial score (nSPS) is 14.5. The molecular formula is C18H21FN2. The van der Waals surface area contributed by atoms with E-state index in [0.29, 0.717) is 0 Å². The lowest BCUT2D eigenvalue weighted by molar-refractivity contribution is 0.628. The summed E-state index contributed by atoms with van der Waals surface area (Å²) in [6.07, 6.45) is 2.54. The predicted octanol–water partition coefficient (Wildman–Crippen LogP) is 4.35. The molecule has 1 heterocycles. The fourth-order valence-corrected chi connectivity index (χ4v) is 2.90. The maximum atomic E-state index is 13.3. The van der Waals surface area contributed by atoms with Crippen LogP contribution < -0.4 is 10.2 Å². The van der Waals surface area contributed by atoms with E-state index in [4.69, 9.17) is 0 Å². The summed E-state index contributed by atoms with van der Waals surface area (Å²) in [7, 11) is 0. The standard InChI is InChI=1S/C18H21FN2/c1-14-8-9-16(19)12-17(14)20-13-15-6-2-3-7-18(15)21-10-4-5-11-21/h2-3,6-9,12,20H,4-5,10-11,13H2,1H3. The number of aryl methyl sites for hydroxylation is 1. The second-order valence-electron chi connectivity index (χ2n) is 5.64. The van der Waals surface area contributed by atoms with E-state index in [1.165, 1.54) is 30.2 Å². The molecule has 0 aliphatic carbocycles. The Morgan fingerprint density at radius 1 is 1.10 bits per heavy atom. The van der Waals surface area contributed by atoms with Crippen molar-refractivity contribution in [1.82, 2.24) is 0 Å². The molecule has 2 aromatic rings. The molecule has 110 valence electrons. The van der Waals surface area contributed by atoms with Crippen LogP contribution in [-0.4, -0.2) is 13.1 Å². The van der Waals surface area contributed by atoms with Crippen molar-refractivity contribution in [3.8, 4) is 0 Å². The molecule has 1 fully saturated rings. The second-order valence-corrected chi connectivity index (χ2v) is 5.64. The van der Waals surface area contributed by atoms with Crippen molar-refractivity contribution in [2.75, 3.05) is 23.3 Å². The van der Waals surface area contributed by atoms with Gasteiger partial charge < -0.3 is 10.2 Å². The summed E-state index contributed by atoms with van der Waals surface area (Å²) in [4.78, 5) is 2.44. The summed E-state index contributed by atoms with van der Waals surface area (Å²) in [5.74, 6) is -0.198. The zero-order chi connectivity index (χ0) is 14.7. The van der Waals surface area contributed by atoms with Gasteiger partial charge >= 0.3 is 0 Å². The van der Waals surface area contributed by atoms with Crippen LogP contribution in [0.2, 0.25) is 0 Å².